The second-order valence-corrected chi connectivity index (χ2v) is 4.11. The minimum atomic E-state index is -1.01. The average Bonchev–Trinajstić information content (AvgIpc) is 2.29. The van der Waals surface area contributed by atoms with E-state index in [9.17, 15) is 4.79 Å². The zero-order valence-electron chi connectivity index (χ0n) is 8.46. The Bertz CT molecular complexity index is 417. The molecule has 0 saturated carbocycles. The van der Waals surface area contributed by atoms with Crippen LogP contribution in [0.3, 0.4) is 0 Å². The third-order valence-corrected chi connectivity index (χ3v) is 2.98. The first-order valence-electron chi connectivity index (χ1n) is 4.55. The molecule has 0 aliphatic rings. The first kappa shape index (κ1) is 12.5. The van der Waals surface area contributed by atoms with Gasteiger partial charge in [-0.1, -0.05) is 6.07 Å². The molecule has 3 N–H and O–H groups in total. The summed E-state index contributed by atoms with van der Waals surface area (Å²) in [4.78, 5) is 14.4. The number of aromatic nitrogens is 1. The molecule has 1 atom stereocenters. The van der Waals surface area contributed by atoms with Crippen LogP contribution in [0.25, 0.3) is 0 Å². The molecular weight excluding hydrogens is 226 g/mol. The zero-order chi connectivity index (χ0) is 12.0. The summed E-state index contributed by atoms with van der Waals surface area (Å²) in [5.41, 5.74) is 6.52. The lowest BCUT2D eigenvalue weighted by Crippen LogP contribution is -2.32. The Hall–Kier alpha value is -1.58. The molecule has 1 rings (SSSR count). The molecule has 0 aromatic carbocycles. The molecule has 0 fully saturated rings. The molecule has 0 bridgehead atoms. The second-order valence-electron chi connectivity index (χ2n) is 3.08. The van der Waals surface area contributed by atoms with Crippen LogP contribution >= 0.6 is 11.8 Å². The topological polar surface area (TPSA) is 100 Å². The van der Waals surface area contributed by atoms with Crippen LogP contribution in [0.2, 0.25) is 0 Å². The number of nitrogens with two attached hydrogens (primary N) is 1. The van der Waals surface area contributed by atoms with Gasteiger partial charge in [0.1, 0.15) is 17.8 Å². The first-order chi connectivity index (χ1) is 7.65. The number of hydrogen-bond donors (Lipinski definition) is 2. The molecule has 0 amide bonds. The molecule has 1 aromatic rings. The van der Waals surface area contributed by atoms with Crippen molar-refractivity contribution in [1.82, 2.24) is 4.98 Å². The van der Waals surface area contributed by atoms with Gasteiger partial charge in [0.15, 0.2) is 0 Å². The maximum Gasteiger partial charge on any atom is 0.321 e. The van der Waals surface area contributed by atoms with Crippen LogP contribution in [-0.2, 0) is 10.5 Å². The first-order valence-corrected chi connectivity index (χ1v) is 5.70. The summed E-state index contributed by atoms with van der Waals surface area (Å²) in [6.45, 7) is 0. The van der Waals surface area contributed by atoms with E-state index in [1.807, 2.05) is 6.07 Å². The maximum atomic E-state index is 10.5. The van der Waals surface area contributed by atoms with Crippen LogP contribution in [0.1, 0.15) is 11.3 Å². The minimum Gasteiger partial charge on any atom is -0.480 e. The number of pyridine rings is 1. The van der Waals surface area contributed by atoms with E-state index in [1.165, 1.54) is 11.8 Å². The average molecular weight is 237 g/mol. The minimum absolute atomic E-state index is 0.315. The number of nitrogens with zero attached hydrogens (tertiary/aromatic N) is 2. The lowest BCUT2D eigenvalue weighted by atomic mass is 10.2. The number of carboxylic acid groups (broad SMARTS) is 1. The molecule has 0 aliphatic heterocycles. The van der Waals surface area contributed by atoms with Gasteiger partial charge < -0.3 is 10.8 Å². The Kier molecular flexibility index (Phi) is 4.76. The molecular formula is C10H11N3O2S. The highest BCUT2D eigenvalue weighted by Gasteiger charge is 2.11. The SMILES string of the molecule is N#Cc1ncccc1CSCC(N)C(=O)O. The maximum absolute atomic E-state index is 10.5. The second kappa shape index (κ2) is 6.10. The third kappa shape index (κ3) is 3.53. The molecule has 6 heteroatoms. The Balaban J connectivity index is 2.49. The van der Waals surface area contributed by atoms with Gasteiger partial charge >= 0.3 is 5.97 Å². The van der Waals surface area contributed by atoms with E-state index in [4.69, 9.17) is 16.1 Å². The number of carboxylic acids is 1. The van der Waals surface area contributed by atoms with Gasteiger partial charge in [-0.15, -0.1) is 0 Å². The number of carbonyl (C=O) groups is 1. The standard InChI is InChI=1S/C10H11N3O2S/c11-4-9-7(2-1-3-13-9)5-16-6-8(12)10(14)15/h1-3,8H,5-6,12H2,(H,14,15). The predicted octanol–water partition coefficient (Wildman–Crippen LogP) is 0.598. The fourth-order valence-corrected chi connectivity index (χ4v) is 1.99. The van der Waals surface area contributed by atoms with E-state index in [1.54, 1.807) is 18.3 Å². The highest BCUT2D eigenvalue weighted by molar-refractivity contribution is 7.98. The van der Waals surface area contributed by atoms with Crippen molar-refractivity contribution in [1.29, 1.82) is 5.26 Å². The largest absolute Gasteiger partial charge is 0.480 e. The number of thioether (sulfide) groups is 1. The van der Waals surface area contributed by atoms with Crippen LogP contribution in [0.4, 0.5) is 0 Å². The molecule has 1 heterocycles. The molecule has 16 heavy (non-hydrogen) atoms. The summed E-state index contributed by atoms with van der Waals surface area (Å²) >= 11 is 1.38. The fraction of sp³-hybridized carbons (Fsp3) is 0.300. The highest BCUT2D eigenvalue weighted by Crippen LogP contribution is 2.14. The van der Waals surface area contributed by atoms with Crippen molar-refractivity contribution in [2.45, 2.75) is 11.8 Å². The van der Waals surface area contributed by atoms with Crippen LogP contribution in [-0.4, -0.2) is 27.9 Å². The zero-order valence-corrected chi connectivity index (χ0v) is 9.28. The van der Waals surface area contributed by atoms with Gasteiger partial charge in [-0.3, -0.25) is 4.79 Å². The van der Waals surface area contributed by atoms with Crippen LogP contribution in [0.15, 0.2) is 18.3 Å². The summed E-state index contributed by atoms with van der Waals surface area (Å²) in [6.07, 6.45) is 1.55. The quantitative estimate of drug-likeness (QED) is 0.777. The molecule has 0 aliphatic carbocycles. The van der Waals surface area contributed by atoms with Crippen LogP contribution in [0.5, 0.6) is 0 Å². The van der Waals surface area contributed by atoms with Gasteiger partial charge in [-0.25, -0.2) is 4.98 Å². The van der Waals surface area contributed by atoms with Crippen molar-refractivity contribution in [3.05, 3.63) is 29.6 Å². The van der Waals surface area contributed by atoms with Crippen molar-refractivity contribution in [2.75, 3.05) is 5.75 Å². The Morgan fingerprint density at radius 2 is 2.50 bits per heavy atom. The molecule has 1 unspecified atom stereocenters. The third-order valence-electron chi connectivity index (χ3n) is 1.87. The van der Waals surface area contributed by atoms with E-state index >= 15 is 0 Å². The van der Waals surface area contributed by atoms with E-state index in [0.717, 1.165) is 5.56 Å². The fourth-order valence-electron chi connectivity index (χ4n) is 1.02. The Morgan fingerprint density at radius 1 is 1.75 bits per heavy atom. The molecule has 5 nitrogen and oxygen atoms in total. The molecule has 0 spiro atoms. The Labute approximate surface area is 97.3 Å². The van der Waals surface area contributed by atoms with Crippen LogP contribution < -0.4 is 5.73 Å². The van der Waals surface area contributed by atoms with Gasteiger partial charge in [-0.05, 0) is 11.6 Å². The van der Waals surface area contributed by atoms with E-state index < -0.39 is 12.0 Å². The lowest BCUT2D eigenvalue weighted by Gasteiger charge is -2.06. The van der Waals surface area contributed by atoms with Gasteiger partial charge in [0.25, 0.3) is 0 Å². The molecule has 84 valence electrons. The summed E-state index contributed by atoms with van der Waals surface area (Å²) in [7, 11) is 0. The van der Waals surface area contributed by atoms with Gasteiger partial charge in [0.05, 0.1) is 0 Å². The smallest absolute Gasteiger partial charge is 0.321 e. The highest BCUT2D eigenvalue weighted by atomic mass is 32.2. The van der Waals surface area contributed by atoms with Crippen molar-refractivity contribution < 1.29 is 9.90 Å². The van der Waals surface area contributed by atoms with Crippen molar-refractivity contribution in [3.8, 4) is 6.07 Å². The monoisotopic (exact) mass is 237 g/mol. The number of hydrogen-bond acceptors (Lipinski definition) is 5. The lowest BCUT2D eigenvalue weighted by molar-refractivity contribution is -0.137. The normalized spacial score (nSPS) is 11.8. The summed E-state index contributed by atoms with van der Waals surface area (Å²) < 4.78 is 0. The van der Waals surface area contributed by atoms with Gasteiger partial charge in [0.2, 0.25) is 0 Å². The van der Waals surface area contributed by atoms with Crippen molar-refractivity contribution in [2.24, 2.45) is 5.73 Å². The van der Waals surface area contributed by atoms with Gasteiger partial charge in [0, 0.05) is 17.7 Å². The van der Waals surface area contributed by atoms with Gasteiger partial charge in [-0.2, -0.15) is 17.0 Å². The summed E-state index contributed by atoms with van der Waals surface area (Å²) in [5, 5.41) is 17.4. The summed E-state index contributed by atoms with van der Waals surface area (Å²) in [5.74, 6) is -0.161. The molecule has 0 saturated heterocycles. The van der Waals surface area contributed by atoms with E-state index in [-0.39, 0.29) is 0 Å². The Morgan fingerprint density at radius 3 is 3.12 bits per heavy atom. The number of nitriles is 1. The molecule has 0 radical (unpaired) electrons. The number of rotatable bonds is 5. The van der Waals surface area contributed by atoms with E-state index in [2.05, 4.69) is 4.98 Å². The van der Waals surface area contributed by atoms with Crippen LogP contribution in [0, 0.1) is 11.3 Å². The van der Waals surface area contributed by atoms with Crippen molar-refractivity contribution in [3.63, 3.8) is 0 Å². The van der Waals surface area contributed by atoms with E-state index in [0.29, 0.717) is 17.2 Å². The molecule has 1 aromatic heterocycles. The van der Waals surface area contributed by atoms with Crippen molar-refractivity contribution >= 4 is 17.7 Å². The number of aliphatic carboxylic acids is 1. The predicted molar refractivity (Wildman–Crippen MR) is 60.7 cm³/mol. The summed E-state index contributed by atoms with van der Waals surface area (Å²) in [6, 6.07) is 4.66.